The van der Waals surface area contributed by atoms with Crippen LogP contribution in [0.2, 0.25) is 0 Å². The molecule has 3 aromatic rings. The molecule has 8 heteroatoms. The standard InChI is InChI=1S/C19H17F2N3O2S/c1-12-2-4-13(5-3-12)16-10-23-19(27-11-17(22)25)24(16)14-6-8-15(9-7-14)26-18(20)21/h2-10,18H,11H2,1H3,(H2,22,25). The lowest BCUT2D eigenvalue weighted by molar-refractivity contribution is -0.115. The second-order valence-corrected chi connectivity index (χ2v) is 6.70. The SMILES string of the molecule is Cc1ccc(-c2cnc(SCC(N)=O)n2-c2ccc(OC(F)F)cc2)cc1. The Kier molecular flexibility index (Phi) is 5.75. The first-order valence-electron chi connectivity index (χ1n) is 8.05. The Morgan fingerprint density at radius 3 is 2.44 bits per heavy atom. The molecule has 27 heavy (non-hydrogen) atoms. The molecule has 3 rings (SSSR count). The lowest BCUT2D eigenvalue weighted by atomic mass is 10.1. The Bertz CT molecular complexity index is 925. The molecule has 0 bridgehead atoms. The minimum absolute atomic E-state index is 0.0668. The first kappa shape index (κ1) is 18.9. The number of aryl methyl sites for hydroxylation is 1. The molecular weight excluding hydrogens is 372 g/mol. The van der Waals surface area contributed by atoms with E-state index in [2.05, 4.69) is 9.72 Å². The first-order valence-corrected chi connectivity index (χ1v) is 9.04. The van der Waals surface area contributed by atoms with E-state index < -0.39 is 12.5 Å². The molecular formula is C19H17F2N3O2S. The monoisotopic (exact) mass is 389 g/mol. The number of ether oxygens (including phenoxy) is 1. The van der Waals surface area contributed by atoms with Crippen LogP contribution < -0.4 is 10.5 Å². The number of benzene rings is 2. The van der Waals surface area contributed by atoms with Crippen molar-refractivity contribution in [3.63, 3.8) is 0 Å². The molecule has 1 heterocycles. The van der Waals surface area contributed by atoms with E-state index in [1.807, 2.05) is 35.8 Å². The maximum Gasteiger partial charge on any atom is 0.387 e. The number of alkyl halides is 2. The van der Waals surface area contributed by atoms with E-state index in [1.54, 1.807) is 18.3 Å². The van der Waals surface area contributed by atoms with Gasteiger partial charge in [0.15, 0.2) is 5.16 Å². The molecule has 0 fully saturated rings. The average molecular weight is 389 g/mol. The van der Waals surface area contributed by atoms with Gasteiger partial charge in [0.05, 0.1) is 17.6 Å². The van der Waals surface area contributed by atoms with E-state index in [0.29, 0.717) is 10.8 Å². The Morgan fingerprint density at radius 1 is 1.19 bits per heavy atom. The van der Waals surface area contributed by atoms with Crippen LogP contribution in [0.1, 0.15) is 5.56 Å². The van der Waals surface area contributed by atoms with Crippen molar-refractivity contribution in [2.45, 2.75) is 18.7 Å². The maximum absolute atomic E-state index is 12.4. The van der Waals surface area contributed by atoms with Gasteiger partial charge in [-0.1, -0.05) is 41.6 Å². The summed E-state index contributed by atoms with van der Waals surface area (Å²) in [6, 6.07) is 14.2. The lowest BCUT2D eigenvalue weighted by Gasteiger charge is -2.13. The van der Waals surface area contributed by atoms with Gasteiger partial charge in [0.1, 0.15) is 5.75 Å². The number of hydrogen-bond acceptors (Lipinski definition) is 4. The highest BCUT2D eigenvalue weighted by molar-refractivity contribution is 7.99. The molecule has 1 aromatic heterocycles. The van der Waals surface area contributed by atoms with Gasteiger partial charge in [0.2, 0.25) is 5.91 Å². The number of carbonyl (C=O) groups excluding carboxylic acids is 1. The van der Waals surface area contributed by atoms with Crippen LogP contribution >= 0.6 is 11.8 Å². The number of primary amides is 1. The summed E-state index contributed by atoms with van der Waals surface area (Å²) in [6.07, 6.45) is 1.71. The third-order valence-corrected chi connectivity index (χ3v) is 4.72. The van der Waals surface area contributed by atoms with Gasteiger partial charge >= 0.3 is 6.61 Å². The summed E-state index contributed by atoms with van der Waals surface area (Å²) < 4.78 is 31.0. The van der Waals surface area contributed by atoms with Crippen molar-refractivity contribution in [2.24, 2.45) is 5.73 Å². The zero-order chi connectivity index (χ0) is 19.4. The quantitative estimate of drug-likeness (QED) is 0.620. The van der Waals surface area contributed by atoms with Crippen LogP contribution in [0.4, 0.5) is 8.78 Å². The van der Waals surface area contributed by atoms with E-state index >= 15 is 0 Å². The molecule has 0 radical (unpaired) electrons. The first-order chi connectivity index (χ1) is 12.9. The second kappa shape index (κ2) is 8.22. The predicted molar refractivity (Wildman–Crippen MR) is 100 cm³/mol. The summed E-state index contributed by atoms with van der Waals surface area (Å²) >= 11 is 1.21. The predicted octanol–water partition coefficient (Wildman–Crippen LogP) is 4.03. The number of thioether (sulfide) groups is 1. The third kappa shape index (κ3) is 4.65. The molecule has 0 aliphatic heterocycles. The molecule has 0 aliphatic carbocycles. The number of aromatic nitrogens is 2. The van der Waals surface area contributed by atoms with Gasteiger partial charge in [-0.2, -0.15) is 8.78 Å². The summed E-state index contributed by atoms with van der Waals surface area (Å²) in [6.45, 7) is -0.884. The Labute approximate surface area is 159 Å². The maximum atomic E-state index is 12.4. The molecule has 0 atom stereocenters. The Morgan fingerprint density at radius 2 is 1.85 bits per heavy atom. The van der Waals surface area contributed by atoms with Gasteiger partial charge in [0.25, 0.3) is 0 Å². The van der Waals surface area contributed by atoms with Crippen LogP contribution in [0.3, 0.4) is 0 Å². The third-order valence-electron chi connectivity index (χ3n) is 3.74. The van der Waals surface area contributed by atoms with Gasteiger partial charge in [-0.05, 0) is 31.2 Å². The summed E-state index contributed by atoms with van der Waals surface area (Å²) in [5, 5.41) is 0.576. The van der Waals surface area contributed by atoms with E-state index in [9.17, 15) is 13.6 Å². The Hall–Kier alpha value is -2.87. The molecule has 0 aliphatic rings. The molecule has 140 valence electrons. The molecule has 5 nitrogen and oxygen atoms in total. The minimum atomic E-state index is -2.88. The average Bonchev–Trinajstić information content (AvgIpc) is 3.04. The highest BCUT2D eigenvalue weighted by atomic mass is 32.2. The number of amides is 1. The molecule has 0 saturated heterocycles. The largest absolute Gasteiger partial charge is 0.435 e. The number of rotatable bonds is 7. The molecule has 1 amide bonds. The normalized spacial score (nSPS) is 11.0. The Balaban J connectivity index is 2.02. The minimum Gasteiger partial charge on any atom is -0.435 e. The van der Waals surface area contributed by atoms with Crippen LogP contribution in [0.5, 0.6) is 5.75 Å². The van der Waals surface area contributed by atoms with Crippen LogP contribution in [0.15, 0.2) is 59.9 Å². The smallest absolute Gasteiger partial charge is 0.387 e. The van der Waals surface area contributed by atoms with Crippen LogP contribution in [0, 0.1) is 6.92 Å². The molecule has 2 aromatic carbocycles. The fraction of sp³-hybridized carbons (Fsp3) is 0.158. The van der Waals surface area contributed by atoms with Gasteiger partial charge in [-0.3, -0.25) is 9.36 Å². The summed E-state index contributed by atoms with van der Waals surface area (Å²) in [7, 11) is 0. The van der Waals surface area contributed by atoms with Gasteiger partial charge < -0.3 is 10.5 Å². The van der Waals surface area contributed by atoms with E-state index in [1.165, 1.54) is 23.9 Å². The number of hydrogen-bond donors (Lipinski definition) is 1. The number of carbonyl (C=O) groups is 1. The van der Waals surface area contributed by atoms with Gasteiger partial charge in [0, 0.05) is 11.3 Å². The summed E-state index contributed by atoms with van der Waals surface area (Å²) in [5.41, 5.74) is 8.82. The fourth-order valence-corrected chi connectivity index (χ4v) is 3.26. The van der Waals surface area contributed by atoms with Gasteiger partial charge in [-0.25, -0.2) is 4.98 Å². The zero-order valence-corrected chi connectivity index (χ0v) is 15.2. The van der Waals surface area contributed by atoms with E-state index in [4.69, 9.17) is 5.73 Å². The van der Waals surface area contributed by atoms with E-state index in [-0.39, 0.29) is 11.5 Å². The highest BCUT2D eigenvalue weighted by Gasteiger charge is 2.15. The topological polar surface area (TPSA) is 70.1 Å². The van der Waals surface area contributed by atoms with Crippen molar-refractivity contribution in [3.05, 3.63) is 60.3 Å². The summed E-state index contributed by atoms with van der Waals surface area (Å²) in [4.78, 5) is 15.6. The highest BCUT2D eigenvalue weighted by Crippen LogP contribution is 2.30. The molecule has 0 spiro atoms. The van der Waals surface area contributed by atoms with Gasteiger partial charge in [-0.15, -0.1) is 0 Å². The number of imidazole rings is 1. The molecule has 0 unspecified atom stereocenters. The lowest BCUT2D eigenvalue weighted by Crippen LogP contribution is -2.13. The van der Waals surface area contributed by atoms with Crippen molar-refractivity contribution >= 4 is 17.7 Å². The molecule has 0 saturated carbocycles. The van der Waals surface area contributed by atoms with E-state index in [0.717, 1.165) is 16.8 Å². The summed E-state index contributed by atoms with van der Waals surface area (Å²) in [5.74, 6) is -0.305. The number of nitrogens with two attached hydrogens (primary N) is 1. The van der Waals surface area contributed by atoms with Crippen molar-refractivity contribution in [1.82, 2.24) is 9.55 Å². The zero-order valence-electron chi connectivity index (χ0n) is 14.4. The number of nitrogens with zero attached hydrogens (tertiary/aromatic N) is 2. The van der Waals surface area contributed by atoms with Crippen molar-refractivity contribution in [1.29, 1.82) is 0 Å². The van der Waals surface area contributed by atoms with Crippen molar-refractivity contribution in [2.75, 3.05) is 5.75 Å². The van der Waals surface area contributed by atoms with Crippen molar-refractivity contribution < 1.29 is 18.3 Å². The van der Waals surface area contributed by atoms with Crippen LogP contribution in [0.25, 0.3) is 16.9 Å². The number of halogens is 2. The van der Waals surface area contributed by atoms with Crippen LogP contribution in [-0.4, -0.2) is 27.8 Å². The van der Waals surface area contributed by atoms with Crippen LogP contribution in [-0.2, 0) is 4.79 Å². The van der Waals surface area contributed by atoms with Crippen molar-refractivity contribution in [3.8, 4) is 22.7 Å². The fourth-order valence-electron chi connectivity index (χ4n) is 2.53. The molecule has 2 N–H and O–H groups in total. The second-order valence-electron chi connectivity index (χ2n) is 5.75.